The molecule has 0 spiro atoms. The van der Waals surface area contributed by atoms with Crippen LogP contribution in [-0.4, -0.2) is 19.5 Å². The van der Waals surface area contributed by atoms with Gasteiger partial charge in [-0.05, 0) is 12.1 Å². The van der Waals surface area contributed by atoms with Crippen LogP contribution in [0.25, 0.3) is 17.0 Å². The third kappa shape index (κ3) is 1.23. The molecule has 74 valence electrons. The van der Waals surface area contributed by atoms with E-state index in [1.54, 1.807) is 6.20 Å². The summed E-state index contributed by atoms with van der Waals surface area (Å²) in [5.74, 6) is -0.147. The standard InChI is InChI=1S/C9H6N4O2/c14-9-11-8(12-15-9)6-1-2-7-10-3-4-13(7)5-6/h1-5H,(H,11,12,14). The van der Waals surface area contributed by atoms with Crippen LogP contribution in [0.15, 0.2) is 40.0 Å². The first kappa shape index (κ1) is 7.98. The van der Waals surface area contributed by atoms with E-state index in [1.807, 2.05) is 28.9 Å². The van der Waals surface area contributed by atoms with E-state index >= 15 is 0 Å². The highest BCUT2D eigenvalue weighted by Crippen LogP contribution is 2.13. The van der Waals surface area contributed by atoms with Crippen LogP contribution in [0.2, 0.25) is 0 Å². The van der Waals surface area contributed by atoms with Gasteiger partial charge in [-0.3, -0.25) is 9.51 Å². The van der Waals surface area contributed by atoms with Gasteiger partial charge in [-0.25, -0.2) is 9.78 Å². The summed E-state index contributed by atoms with van der Waals surface area (Å²) >= 11 is 0. The van der Waals surface area contributed by atoms with Crippen molar-refractivity contribution in [3.8, 4) is 11.4 Å². The lowest BCUT2D eigenvalue weighted by molar-refractivity contribution is 0.388. The summed E-state index contributed by atoms with van der Waals surface area (Å²) in [7, 11) is 0. The molecule has 0 fully saturated rings. The zero-order valence-electron chi connectivity index (χ0n) is 7.54. The first-order valence-corrected chi connectivity index (χ1v) is 4.32. The Labute approximate surface area is 83.2 Å². The second kappa shape index (κ2) is 2.81. The lowest BCUT2D eigenvalue weighted by Crippen LogP contribution is -1.95. The molecule has 3 rings (SSSR count). The Hall–Kier alpha value is -2.37. The van der Waals surface area contributed by atoms with Gasteiger partial charge < -0.3 is 4.40 Å². The maximum atomic E-state index is 10.8. The van der Waals surface area contributed by atoms with Gasteiger partial charge in [-0.2, -0.15) is 0 Å². The van der Waals surface area contributed by atoms with Gasteiger partial charge in [0.05, 0.1) is 0 Å². The van der Waals surface area contributed by atoms with Crippen LogP contribution in [0.5, 0.6) is 0 Å². The highest BCUT2D eigenvalue weighted by molar-refractivity contribution is 5.56. The van der Waals surface area contributed by atoms with E-state index < -0.39 is 5.76 Å². The average molecular weight is 202 g/mol. The second-order valence-corrected chi connectivity index (χ2v) is 3.05. The van der Waals surface area contributed by atoms with E-state index in [-0.39, 0.29) is 0 Å². The first-order valence-electron chi connectivity index (χ1n) is 4.32. The molecule has 6 nitrogen and oxygen atoms in total. The molecular formula is C9H6N4O2. The smallest absolute Gasteiger partial charge is 0.306 e. The summed E-state index contributed by atoms with van der Waals surface area (Å²) in [6.45, 7) is 0. The molecule has 0 saturated heterocycles. The third-order valence-corrected chi connectivity index (χ3v) is 2.10. The number of hydrogen-bond acceptors (Lipinski definition) is 4. The van der Waals surface area contributed by atoms with Gasteiger partial charge >= 0.3 is 5.76 Å². The summed E-state index contributed by atoms with van der Waals surface area (Å²) in [6.07, 6.45) is 5.33. The zero-order chi connectivity index (χ0) is 10.3. The van der Waals surface area contributed by atoms with Gasteiger partial charge in [-0.1, -0.05) is 5.16 Å². The fourth-order valence-electron chi connectivity index (χ4n) is 1.41. The highest BCUT2D eigenvalue weighted by atomic mass is 16.5. The van der Waals surface area contributed by atoms with E-state index in [0.717, 1.165) is 11.2 Å². The minimum absolute atomic E-state index is 0.413. The molecule has 15 heavy (non-hydrogen) atoms. The molecule has 0 aliphatic rings. The molecule has 3 heterocycles. The normalized spacial score (nSPS) is 10.9. The van der Waals surface area contributed by atoms with E-state index in [4.69, 9.17) is 0 Å². The Kier molecular flexibility index (Phi) is 1.49. The monoisotopic (exact) mass is 202 g/mol. The van der Waals surface area contributed by atoms with Crippen molar-refractivity contribution in [2.24, 2.45) is 0 Å². The van der Waals surface area contributed by atoms with Crippen LogP contribution in [0, 0.1) is 0 Å². The molecule has 0 bridgehead atoms. The van der Waals surface area contributed by atoms with Gasteiger partial charge in [0.25, 0.3) is 0 Å². The fraction of sp³-hybridized carbons (Fsp3) is 0. The van der Waals surface area contributed by atoms with Crippen LogP contribution in [0.1, 0.15) is 0 Å². The van der Waals surface area contributed by atoms with E-state index in [9.17, 15) is 4.79 Å². The number of fused-ring (bicyclic) bond motifs is 1. The molecule has 0 atom stereocenters. The average Bonchev–Trinajstić information content (AvgIpc) is 2.84. The Balaban J connectivity index is 2.22. The predicted molar refractivity (Wildman–Crippen MR) is 51.3 cm³/mol. The number of rotatable bonds is 1. The molecule has 0 amide bonds. The lowest BCUT2D eigenvalue weighted by Gasteiger charge is -1.96. The summed E-state index contributed by atoms with van der Waals surface area (Å²) < 4.78 is 6.26. The van der Waals surface area contributed by atoms with Crippen molar-refractivity contribution in [3.05, 3.63) is 41.3 Å². The molecule has 0 saturated carbocycles. The number of nitrogens with zero attached hydrogens (tertiary/aromatic N) is 3. The van der Waals surface area contributed by atoms with Crippen molar-refractivity contribution in [2.45, 2.75) is 0 Å². The Morgan fingerprint density at radius 1 is 1.40 bits per heavy atom. The fourth-order valence-corrected chi connectivity index (χ4v) is 1.41. The summed E-state index contributed by atoms with van der Waals surface area (Å²) in [5, 5.41) is 3.60. The van der Waals surface area contributed by atoms with Crippen molar-refractivity contribution < 1.29 is 4.52 Å². The quantitative estimate of drug-likeness (QED) is 0.629. The molecule has 3 aromatic rings. The molecule has 0 aromatic carbocycles. The summed E-state index contributed by atoms with van der Waals surface area (Å²) in [6, 6.07) is 3.65. The van der Waals surface area contributed by atoms with Crippen molar-refractivity contribution in [3.63, 3.8) is 0 Å². The van der Waals surface area contributed by atoms with Crippen LogP contribution in [0.3, 0.4) is 0 Å². The molecule has 0 radical (unpaired) electrons. The van der Waals surface area contributed by atoms with Crippen LogP contribution in [0.4, 0.5) is 0 Å². The van der Waals surface area contributed by atoms with Crippen molar-refractivity contribution in [1.82, 2.24) is 19.5 Å². The second-order valence-electron chi connectivity index (χ2n) is 3.05. The Morgan fingerprint density at radius 3 is 3.13 bits per heavy atom. The molecule has 1 N–H and O–H groups in total. The number of hydrogen-bond donors (Lipinski definition) is 1. The largest absolute Gasteiger partial charge is 0.439 e. The van der Waals surface area contributed by atoms with Gasteiger partial charge in [0.2, 0.25) is 0 Å². The zero-order valence-corrected chi connectivity index (χ0v) is 7.54. The van der Waals surface area contributed by atoms with Gasteiger partial charge in [0, 0.05) is 24.2 Å². The highest BCUT2D eigenvalue weighted by Gasteiger charge is 2.04. The number of imidazole rings is 1. The number of aromatic nitrogens is 4. The van der Waals surface area contributed by atoms with E-state index in [0.29, 0.717) is 5.82 Å². The van der Waals surface area contributed by atoms with Crippen LogP contribution < -0.4 is 5.76 Å². The molecule has 3 aromatic heterocycles. The molecular weight excluding hydrogens is 196 g/mol. The number of nitrogens with one attached hydrogen (secondary N) is 1. The minimum Gasteiger partial charge on any atom is -0.306 e. The van der Waals surface area contributed by atoms with Crippen LogP contribution in [-0.2, 0) is 0 Å². The Bertz CT molecular complexity index is 664. The predicted octanol–water partition coefficient (Wildman–Crippen LogP) is 0.678. The third-order valence-electron chi connectivity index (χ3n) is 2.10. The molecule has 0 unspecified atom stereocenters. The first-order chi connectivity index (χ1) is 7.33. The maximum absolute atomic E-state index is 10.8. The van der Waals surface area contributed by atoms with E-state index in [1.165, 1.54) is 0 Å². The van der Waals surface area contributed by atoms with Gasteiger partial charge in [0.1, 0.15) is 5.65 Å². The molecule has 0 aliphatic heterocycles. The minimum atomic E-state index is -0.560. The SMILES string of the molecule is O=c1[nH]c(-c2ccc3nccn3c2)no1. The van der Waals surface area contributed by atoms with Crippen molar-refractivity contribution in [2.75, 3.05) is 0 Å². The topological polar surface area (TPSA) is 76.2 Å². The molecule has 6 heteroatoms. The Morgan fingerprint density at radius 2 is 2.33 bits per heavy atom. The number of pyridine rings is 1. The van der Waals surface area contributed by atoms with Gasteiger partial charge in [-0.15, -0.1) is 0 Å². The maximum Gasteiger partial charge on any atom is 0.439 e. The van der Waals surface area contributed by atoms with E-state index in [2.05, 4.69) is 19.6 Å². The number of H-pyrrole nitrogens is 1. The van der Waals surface area contributed by atoms with Gasteiger partial charge in [0.15, 0.2) is 5.82 Å². The lowest BCUT2D eigenvalue weighted by atomic mass is 10.3. The summed E-state index contributed by atoms with van der Waals surface area (Å²) in [4.78, 5) is 17.4. The van der Waals surface area contributed by atoms with Crippen molar-refractivity contribution in [1.29, 1.82) is 0 Å². The van der Waals surface area contributed by atoms with Crippen LogP contribution >= 0.6 is 0 Å². The number of aromatic amines is 1. The molecule has 0 aliphatic carbocycles. The van der Waals surface area contributed by atoms with Crippen molar-refractivity contribution >= 4 is 5.65 Å². The summed E-state index contributed by atoms with van der Waals surface area (Å²) in [5.41, 5.74) is 1.61.